The summed E-state index contributed by atoms with van der Waals surface area (Å²) >= 11 is 0. The molecule has 8 aromatic carbocycles. The molecule has 0 atom stereocenters. The number of anilines is 3. The van der Waals surface area contributed by atoms with Crippen LogP contribution in [0.3, 0.4) is 0 Å². The first-order valence-electron chi connectivity index (χ1n) is 22.9. The molecule has 0 saturated carbocycles. The van der Waals surface area contributed by atoms with E-state index in [1.54, 1.807) is 0 Å². The third-order valence-corrected chi connectivity index (χ3v) is 14.7. The number of fused-ring (bicyclic) bond motifs is 6. The van der Waals surface area contributed by atoms with Gasteiger partial charge in [0.25, 0.3) is 0 Å². The van der Waals surface area contributed by atoms with Gasteiger partial charge in [0.05, 0.1) is 11.0 Å². The summed E-state index contributed by atoms with van der Waals surface area (Å²) in [7, 11) is 0. The summed E-state index contributed by atoms with van der Waals surface area (Å²) in [6.45, 7) is 18.9. The second kappa shape index (κ2) is 15.3. The molecule has 0 bridgehead atoms. The highest BCUT2D eigenvalue weighted by Gasteiger charge is 2.37. The van der Waals surface area contributed by atoms with Crippen molar-refractivity contribution >= 4 is 38.9 Å². The van der Waals surface area contributed by atoms with Crippen LogP contribution in [0.5, 0.6) is 0 Å². The number of nitrogens with zero attached hydrogens (tertiary/aromatic N) is 2. The van der Waals surface area contributed by atoms with Gasteiger partial charge in [0.15, 0.2) is 0 Å². The van der Waals surface area contributed by atoms with Crippen LogP contribution in [0.2, 0.25) is 0 Å². The maximum atomic E-state index is 2.56. The van der Waals surface area contributed by atoms with Crippen molar-refractivity contribution in [2.75, 3.05) is 4.90 Å². The molecule has 1 heterocycles. The van der Waals surface area contributed by atoms with Crippen LogP contribution < -0.4 is 4.90 Å². The minimum atomic E-state index is -0.236. The molecule has 312 valence electrons. The first-order chi connectivity index (χ1) is 30.4. The van der Waals surface area contributed by atoms with Gasteiger partial charge in [0.1, 0.15) is 0 Å². The highest BCUT2D eigenvalue weighted by molar-refractivity contribution is 6.10. The second-order valence-corrected chi connectivity index (χ2v) is 19.5. The summed E-state index contributed by atoms with van der Waals surface area (Å²) in [5.74, 6) is 0. The van der Waals surface area contributed by atoms with E-state index in [0.717, 1.165) is 29.9 Å². The number of benzene rings is 8. The van der Waals surface area contributed by atoms with Crippen molar-refractivity contribution in [3.63, 3.8) is 0 Å². The summed E-state index contributed by atoms with van der Waals surface area (Å²) in [6, 6.07) is 68.1. The zero-order valence-corrected chi connectivity index (χ0v) is 38.1. The van der Waals surface area contributed by atoms with Gasteiger partial charge in [-0.2, -0.15) is 0 Å². The van der Waals surface area contributed by atoms with E-state index in [0.29, 0.717) is 0 Å². The Morgan fingerprint density at radius 2 is 0.841 bits per heavy atom. The van der Waals surface area contributed by atoms with Crippen LogP contribution in [0.25, 0.3) is 60.9 Å². The van der Waals surface area contributed by atoms with Gasteiger partial charge >= 0.3 is 0 Å². The first-order valence-corrected chi connectivity index (χ1v) is 22.9. The van der Waals surface area contributed by atoms with E-state index in [-0.39, 0.29) is 16.2 Å². The Morgan fingerprint density at radius 1 is 0.429 bits per heavy atom. The Morgan fingerprint density at radius 3 is 1.30 bits per heavy atom. The first kappa shape index (κ1) is 40.4. The topological polar surface area (TPSA) is 8.17 Å². The molecule has 2 heteroatoms. The van der Waals surface area contributed by atoms with Crippen LogP contribution in [0.15, 0.2) is 182 Å². The molecule has 1 aromatic heterocycles. The molecule has 0 fully saturated rings. The molecule has 0 unspecified atom stereocenters. The van der Waals surface area contributed by atoms with Crippen LogP contribution in [-0.2, 0) is 16.2 Å². The van der Waals surface area contributed by atoms with Gasteiger partial charge in [0, 0.05) is 38.9 Å². The molecule has 0 spiro atoms. The Hall–Kier alpha value is -6.64. The van der Waals surface area contributed by atoms with Crippen LogP contribution >= 0.6 is 0 Å². The quantitative estimate of drug-likeness (QED) is 0.133. The van der Waals surface area contributed by atoms with Crippen LogP contribution in [0.4, 0.5) is 17.1 Å². The molecule has 63 heavy (non-hydrogen) atoms. The average molecular weight is 819 g/mol. The average Bonchev–Trinajstić information content (AvgIpc) is 3.76. The number of hydrogen-bond donors (Lipinski definition) is 0. The smallest absolute Gasteiger partial charge is 0.0544 e. The fourth-order valence-electron chi connectivity index (χ4n) is 9.85. The minimum Gasteiger partial charge on any atom is -0.310 e. The molecular formula is C61H58N2. The van der Waals surface area contributed by atoms with Crippen molar-refractivity contribution in [1.29, 1.82) is 0 Å². The van der Waals surface area contributed by atoms with Gasteiger partial charge in [-0.3, -0.25) is 0 Å². The normalized spacial score (nSPS) is 13.3. The van der Waals surface area contributed by atoms with E-state index in [2.05, 4.69) is 247 Å². The molecule has 10 rings (SSSR count). The third-order valence-electron chi connectivity index (χ3n) is 14.7. The minimum absolute atomic E-state index is 0.0753. The maximum Gasteiger partial charge on any atom is 0.0544 e. The van der Waals surface area contributed by atoms with E-state index < -0.39 is 0 Å². The molecule has 0 N–H and O–H groups in total. The zero-order chi connectivity index (χ0) is 43.7. The summed E-state index contributed by atoms with van der Waals surface area (Å²) < 4.78 is 2.56. The SMILES string of the molecule is CCC(C)(C)c1ccc2c3ccc(C(C)(C)CC)cc3n(-c3ccc4c(c3)C(C)(C)c3cc(N(c5ccc(-c6ccccc6)cc5)c5ccc(-c6ccccc6)cc5)ccc3-4)c2c1. The largest absolute Gasteiger partial charge is 0.310 e. The lowest BCUT2D eigenvalue weighted by molar-refractivity contribution is 0.507. The van der Waals surface area contributed by atoms with Crippen LogP contribution in [0.1, 0.15) is 90.5 Å². The Balaban J connectivity index is 1.10. The fraction of sp³-hybridized carbons (Fsp3) is 0.213. The number of aromatic nitrogens is 1. The van der Waals surface area contributed by atoms with Crippen molar-refractivity contribution in [1.82, 2.24) is 4.57 Å². The zero-order valence-electron chi connectivity index (χ0n) is 38.1. The van der Waals surface area contributed by atoms with Gasteiger partial charge < -0.3 is 9.47 Å². The van der Waals surface area contributed by atoms with Crippen molar-refractivity contribution < 1.29 is 0 Å². The van der Waals surface area contributed by atoms with E-state index in [4.69, 9.17) is 0 Å². The highest BCUT2D eigenvalue weighted by atomic mass is 15.1. The standard InChI is InChI=1S/C61H58N2/c1-9-59(3,4)45-25-33-53-54-34-26-46(60(5,6)10-2)38-58(54)63(57(53)37-45)50-32-36-52-51-35-31-49(39-55(51)61(7,8)56(52)40-50)62(47-27-21-43(22-28-47)41-17-13-11-14-18-41)48-29-23-44(24-30-48)42-19-15-12-16-20-42/h11-40H,9-10H2,1-8H3. The highest BCUT2D eigenvalue weighted by Crippen LogP contribution is 2.52. The molecule has 9 aromatic rings. The number of rotatable bonds is 10. The van der Waals surface area contributed by atoms with Crippen molar-refractivity contribution in [3.05, 3.63) is 204 Å². The van der Waals surface area contributed by atoms with Crippen LogP contribution in [0, 0.1) is 0 Å². The van der Waals surface area contributed by atoms with Gasteiger partial charge in [0.2, 0.25) is 0 Å². The molecule has 0 amide bonds. The third kappa shape index (κ3) is 6.88. The van der Waals surface area contributed by atoms with E-state index in [1.165, 1.54) is 83.1 Å². The predicted molar refractivity (Wildman–Crippen MR) is 271 cm³/mol. The van der Waals surface area contributed by atoms with Gasteiger partial charge in [-0.05, 0) is 140 Å². The lowest BCUT2D eigenvalue weighted by Gasteiger charge is -2.28. The molecule has 0 saturated heterocycles. The van der Waals surface area contributed by atoms with Crippen LogP contribution in [-0.4, -0.2) is 4.57 Å². The van der Waals surface area contributed by atoms with E-state index in [1.807, 2.05) is 0 Å². The monoisotopic (exact) mass is 818 g/mol. The maximum absolute atomic E-state index is 2.56. The van der Waals surface area contributed by atoms with Gasteiger partial charge in [-0.15, -0.1) is 0 Å². The number of hydrogen-bond acceptors (Lipinski definition) is 1. The Kier molecular flexibility index (Phi) is 9.83. The van der Waals surface area contributed by atoms with Gasteiger partial charge in [-0.25, -0.2) is 0 Å². The molecule has 0 radical (unpaired) electrons. The Labute approximate surface area is 374 Å². The molecule has 0 aliphatic heterocycles. The summed E-state index contributed by atoms with van der Waals surface area (Å²) in [5, 5.41) is 2.62. The Bertz CT molecular complexity index is 2970. The van der Waals surface area contributed by atoms with Gasteiger partial charge in [-0.1, -0.05) is 177 Å². The second-order valence-electron chi connectivity index (χ2n) is 19.5. The lowest BCUT2D eigenvalue weighted by atomic mass is 9.81. The predicted octanol–water partition coefficient (Wildman–Crippen LogP) is 17.3. The fourth-order valence-corrected chi connectivity index (χ4v) is 9.85. The van der Waals surface area contributed by atoms with E-state index in [9.17, 15) is 0 Å². The molecule has 1 aliphatic rings. The molecule has 1 aliphatic carbocycles. The van der Waals surface area contributed by atoms with Crippen molar-refractivity contribution in [2.45, 2.75) is 84.5 Å². The summed E-state index contributed by atoms with van der Waals surface area (Å²) in [6.07, 6.45) is 2.16. The summed E-state index contributed by atoms with van der Waals surface area (Å²) in [4.78, 5) is 2.41. The lowest BCUT2D eigenvalue weighted by Crippen LogP contribution is -2.17. The van der Waals surface area contributed by atoms with Crippen molar-refractivity contribution in [2.24, 2.45) is 0 Å². The van der Waals surface area contributed by atoms with E-state index >= 15 is 0 Å². The van der Waals surface area contributed by atoms with Crippen molar-refractivity contribution in [3.8, 4) is 39.1 Å². The summed E-state index contributed by atoms with van der Waals surface area (Å²) in [5.41, 5.74) is 20.0. The molecule has 2 nitrogen and oxygen atoms in total. The molecular weight excluding hydrogens is 761 g/mol.